The molecule has 4 rings (SSSR count). The number of aromatic amines is 1. The maximum atomic E-state index is 13.3. The van der Waals surface area contributed by atoms with Crippen LogP contribution in [0.5, 0.6) is 0 Å². The summed E-state index contributed by atoms with van der Waals surface area (Å²) in [5.41, 5.74) is 2.88. The van der Waals surface area contributed by atoms with E-state index < -0.39 is 11.6 Å². The quantitative estimate of drug-likeness (QED) is 0.764. The average molecular weight is 355 g/mol. The minimum Gasteiger partial charge on any atom is -0.299 e. The van der Waals surface area contributed by atoms with Gasteiger partial charge in [-0.25, -0.2) is 8.78 Å². The fraction of sp³-hybridized carbons (Fsp3) is 0.316. The second-order valence-corrected chi connectivity index (χ2v) is 6.80. The van der Waals surface area contributed by atoms with Gasteiger partial charge in [0.05, 0.1) is 0 Å². The van der Waals surface area contributed by atoms with Crippen LogP contribution in [0.2, 0.25) is 0 Å². The Hall–Kier alpha value is -2.67. The zero-order valence-electron chi connectivity index (χ0n) is 14.2. The van der Waals surface area contributed by atoms with E-state index in [1.54, 1.807) is 0 Å². The molecule has 1 aliphatic heterocycles. The van der Waals surface area contributed by atoms with E-state index in [1.807, 2.05) is 12.1 Å². The van der Waals surface area contributed by atoms with Gasteiger partial charge in [-0.3, -0.25) is 4.90 Å². The average Bonchev–Trinajstić information content (AvgIpc) is 3.27. The summed E-state index contributed by atoms with van der Waals surface area (Å²) in [7, 11) is 0. The minimum atomic E-state index is -0.503. The molecule has 1 aliphatic rings. The van der Waals surface area contributed by atoms with E-state index in [4.69, 9.17) is 0 Å². The number of likely N-dealkylation sites (tertiary alicyclic amines) is 1. The number of hydrogen-bond donors (Lipinski definition) is 1. The van der Waals surface area contributed by atoms with Crippen molar-refractivity contribution in [3.05, 3.63) is 65.2 Å². The number of tetrazole rings is 1. The molecule has 1 atom stereocenters. The fourth-order valence-electron chi connectivity index (χ4n) is 3.59. The van der Waals surface area contributed by atoms with Crippen LogP contribution in [0.25, 0.3) is 11.4 Å². The lowest BCUT2D eigenvalue weighted by atomic mass is 9.98. The number of rotatable bonds is 5. The highest BCUT2D eigenvalue weighted by Gasteiger charge is 2.23. The molecule has 2 aromatic carbocycles. The molecule has 0 radical (unpaired) electrons. The Morgan fingerprint density at radius 3 is 2.50 bits per heavy atom. The summed E-state index contributed by atoms with van der Waals surface area (Å²) < 4.78 is 26.7. The molecule has 2 heterocycles. The molecule has 0 spiro atoms. The Morgan fingerprint density at radius 2 is 1.81 bits per heavy atom. The molecule has 1 saturated heterocycles. The number of nitrogens with zero attached hydrogens (tertiary/aromatic N) is 4. The van der Waals surface area contributed by atoms with E-state index >= 15 is 0 Å². The zero-order chi connectivity index (χ0) is 17.9. The van der Waals surface area contributed by atoms with Crippen molar-refractivity contribution in [1.82, 2.24) is 25.5 Å². The molecule has 1 unspecified atom stereocenters. The lowest BCUT2D eigenvalue weighted by Crippen LogP contribution is -2.20. The molecule has 0 saturated carbocycles. The predicted octanol–water partition coefficient (Wildman–Crippen LogP) is 3.21. The van der Waals surface area contributed by atoms with Crippen LogP contribution in [-0.2, 0) is 13.0 Å². The Balaban J connectivity index is 1.34. The van der Waals surface area contributed by atoms with Gasteiger partial charge in [0.25, 0.3) is 0 Å². The maximum Gasteiger partial charge on any atom is 0.204 e. The summed E-state index contributed by atoms with van der Waals surface area (Å²) in [5, 5.41) is 14.0. The molecule has 134 valence electrons. The van der Waals surface area contributed by atoms with Crippen LogP contribution in [0, 0.1) is 17.6 Å². The van der Waals surface area contributed by atoms with Gasteiger partial charge in [-0.2, -0.15) is 5.21 Å². The van der Waals surface area contributed by atoms with Crippen molar-refractivity contribution in [2.45, 2.75) is 19.4 Å². The second-order valence-electron chi connectivity index (χ2n) is 6.80. The molecular weight excluding hydrogens is 336 g/mol. The van der Waals surface area contributed by atoms with Crippen molar-refractivity contribution >= 4 is 0 Å². The van der Waals surface area contributed by atoms with Gasteiger partial charge in [-0.15, -0.1) is 10.2 Å². The van der Waals surface area contributed by atoms with Crippen LogP contribution in [-0.4, -0.2) is 38.6 Å². The monoisotopic (exact) mass is 355 g/mol. The van der Waals surface area contributed by atoms with Gasteiger partial charge < -0.3 is 0 Å². The first kappa shape index (κ1) is 16.8. The van der Waals surface area contributed by atoms with Crippen LogP contribution >= 0.6 is 0 Å². The van der Waals surface area contributed by atoms with Crippen LogP contribution in [0.3, 0.4) is 0 Å². The summed E-state index contributed by atoms with van der Waals surface area (Å²) >= 11 is 0. The Bertz CT molecular complexity index is 844. The molecule has 7 heteroatoms. The Kier molecular flexibility index (Phi) is 4.71. The smallest absolute Gasteiger partial charge is 0.204 e. The Morgan fingerprint density at radius 1 is 1.04 bits per heavy atom. The lowest BCUT2D eigenvalue weighted by Gasteiger charge is -2.16. The van der Waals surface area contributed by atoms with Gasteiger partial charge in [0.15, 0.2) is 0 Å². The normalized spacial score (nSPS) is 17.7. The summed E-state index contributed by atoms with van der Waals surface area (Å²) in [4.78, 5) is 2.38. The predicted molar refractivity (Wildman–Crippen MR) is 93.1 cm³/mol. The molecular formula is C19H19F2N5. The van der Waals surface area contributed by atoms with Crippen molar-refractivity contribution in [2.75, 3.05) is 13.1 Å². The number of hydrogen-bond acceptors (Lipinski definition) is 4. The van der Waals surface area contributed by atoms with Gasteiger partial charge in [-0.1, -0.05) is 24.3 Å². The third-order valence-electron chi connectivity index (χ3n) is 4.78. The number of H-pyrrole nitrogens is 1. The highest BCUT2D eigenvalue weighted by Crippen LogP contribution is 2.24. The number of nitrogens with one attached hydrogen (secondary N) is 1. The molecule has 1 N–H and O–H groups in total. The molecule has 1 fully saturated rings. The van der Waals surface area contributed by atoms with Gasteiger partial charge in [0.2, 0.25) is 5.82 Å². The maximum absolute atomic E-state index is 13.3. The summed E-state index contributed by atoms with van der Waals surface area (Å²) in [6, 6.07) is 11.9. The number of halogens is 2. The standard InChI is InChI=1S/C19H19F2N5/c20-17-8-15(9-18(21)10-17)7-14-5-6-26(12-14)11-13-1-3-16(4-2-13)19-22-24-25-23-19/h1-4,8-10,14H,5-7,11-12H2,(H,22,23,24,25). The van der Waals surface area contributed by atoms with E-state index in [2.05, 4.69) is 37.7 Å². The van der Waals surface area contributed by atoms with Crippen LogP contribution < -0.4 is 0 Å². The second kappa shape index (κ2) is 7.29. The summed E-state index contributed by atoms with van der Waals surface area (Å²) in [5.74, 6) is 0.00278. The third-order valence-corrected chi connectivity index (χ3v) is 4.78. The van der Waals surface area contributed by atoms with E-state index in [9.17, 15) is 8.78 Å². The van der Waals surface area contributed by atoms with Crippen LogP contribution in [0.1, 0.15) is 17.5 Å². The number of aromatic nitrogens is 4. The summed E-state index contributed by atoms with van der Waals surface area (Å²) in [6.45, 7) is 2.79. The first-order valence-electron chi connectivity index (χ1n) is 8.66. The molecule has 0 aliphatic carbocycles. The van der Waals surface area contributed by atoms with Gasteiger partial charge in [-0.05, 0) is 53.8 Å². The van der Waals surface area contributed by atoms with Gasteiger partial charge in [0.1, 0.15) is 11.6 Å². The first-order chi connectivity index (χ1) is 12.7. The fourth-order valence-corrected chi connectivity index (χ4v) is 3.59. The Labute approximate surface area is 150 Å². The van der Waals surface area contributed by atoms with Crippen molar-refractivity contribution in [3.8, 4) is 11.4 Å². The zero-order valence-corrected chi connectivity index (χ0v) is 14.2. The van der Waals surface area contributed by atoms with Gasteiger partial charge >= 0.3 is 0 Å². The highest BCUT2D eigenvalue weighted by molar-refractivity contribution is 5.54. The first-order valence-corrected chi connectivity index (χ1v) is 8.66. The molecule has 0 bridgehead atoms. The van der Waals surface area contributed by atoms with E-state index in [1.165, 1.54) is 17.7 Å². The molecule has 3 aromatic rings. The third kappa shape index (κ3) is 3.94. The lowest BCUT2D eigenvalue weighted by molar-refractivity contribution is 0.316. The van der Waals surface area contributed by atoms with Crippen LogP contribution in [0.4, 0.5) is 8.78 Å². The minimum absolute atomic E-state index is 0.426. The van der Waals surface area contributed by atoms with Crippen molar-refractivity contribution < 1.29 is 8.78 Å². The number of benzene rings is 2. The molecule has 26 heavy (non-hydrogen) atoms. The van der Waals surface area contributed by atoms with Crippen LogP contribution in [0.15, 0.2) is 42.5 Å². The van der Waals surface area contributed by atoms with E-state index in [-0.39, 0.29) is 0 Å². The SMILES string of the molecule is Fc1cc(F)cc(CC2CCN(Cc3ccc(-c4nn[nH]n4)cc3)C2)c1. The van der Waals surface area contributed by atoms with Crippen molar-refractivity contribution in [3.63, 3.8) is 0 Å². The van der Waals surface area contributed by atoms with E-state index in [0.717, 1.165) is 43.2 Å². The molecule has 1 aromatic heterocycles. The van der Waals surface area contributed by atoms with E-state index in [0.29, 0.717) is 18.2 Å². The molecule has 5 nitrogen and oxygen atoms in total. The van der Waals surface area contributed by atoms with Crippen molar-refractivity contribution in [1.29, 1.82) is 0 Å². The van der Waals surface area contributed by atoms with Crippen molar-refractivity contribution in [2.24, 2.45) is 5.92 Å². The summed E-state index contributed by atoms with van der Waals surface area (Å²) in [6.07, 6.45) is 1.75. The topological polar surface area (TPSA) is 57.7 Å². The largest absolute Gasteiger partial charge is 0.299 e. The molecule has 0 amide bonds. The highest BCUT2D eigenvalue weighted by atomic mass is 19.1. The van der Waals surface area contributed by atoms with Gasteiger partial charge in [0, 0.05) is 24.7 Å².